The number of fused-ring (bicyclic) bond motifs is 5. The fourth-order valence-electron chi connectivity index (χ4n) is 3.71. The zero-order valence-corrected chi connectivity index (χ0v) is 13.0. The third-order valence-corrected chi connectivity index (χ3v) is 4.81. The van der Waals surface area contributed by atoms with Gasteiger partial charge in [-0.1, -0.05) is 54.6 Å². The minimum atomic E-state index is -0.124. The van der Waals surface area contributed by atoms with Crippen molar-refractivity contribution in [2.75, 3.05) is 0 Å². The number of H-pyrrole nitrogens is 2. The number of hydrogen-bond donors (Lipinski definition) is 2. The maximum atomic E-state index is 12.5. The van der Waals surface area contributed by atoms with Crippen molar-refractivity contribution in [3.8, 4) is 22.5 Å². The molecule has 0 amide bonds. The molecule has 0 saturated carbocycles. The molecular weight excluding hydrogens is 298 g/mol. The number of aromatic amines is 2. The van der Waals surface area contributed by atoms with Crippen LogP contribution in [0.15, 0.2) is 59.4 Å². The molecule has 0 saturated heterocycles. The molecule has 5 rings (SSSR count). The Morgan fingerprint density at radius 1 is 0.917 bits per heavy atom. The van der Waals surface area contributed by atoms with Gasteiger partial charge in [-0.2, -0.15) is 5.10 Å². The van der Waals surface area contributed by atoms with Gasteiger partial charge in [0.25, 0.3) is 5.56 Å². The molecule has 24 heavy (non-hydrogen) atoms. The van der Waals surface area contributed by atoms with Gasteiger partial charge in [0.2, 0.25) is 0 Å². The van der Waals surface area contributed by atoms with E-state index >= 15 is 0 Å². The predicted octanol–water partition coefficient (Wildman–Crippen LogP) is 3.68. The lowest BCUT2D eigenvalue weighted by molar-refractivity contribution is 0.944. The van der Waals surface area contributed by atoms with Crippen LogP contribution in [0.5, 0.6) is 0 Å². The van der Waals surface area contributed by atoms with Gasteiger partial charge in [-0.3, -0.25) is 4.79 Å². The smallest absolute Gasteiger partial charge is 0.273 e. The molecule has 2 heterocycles. The molecule has 0 radical (unpaired) electrons. The third kappa shape index (κ3) is 1.80. The SMILES string of the molecule is O=c1[nH]nc(-c2ccccc2)c2[nH]c3c(c12)CCc1ccccc1-3. The van der Waals surface area contributed by atoms with E-state index in [1.165, 1.54) is 11.1 Å². The van der Waals surface area contributed by atoms with E-state index in [1.54, 1.807) is 0 Å². The molecule has 2 aromatic carbocycles. The summed E-state index contributed by atoms with van der Waals surface area (Å²) in [7, 11) is 0. The molecule has 0 atom stereocenters. The Kier molecular flexibility index (Phi) is 2.73. The van der Waals surface area contributed by atoms with Crippen molar-refractivity contribution >= 4 is 10.9 Å². The van der Waals surface area contributed by atoms with Gasteiger partial charge in [0.05, 0.1) is 16.6 Å². The monoisotopic (exact) mass is 313 g/mol. The molecule has 116 valence electrons. The Bertz CT molecular complexity index is 1120. The molecule has 0 spiro atoms. The standard InChI is InChI=1S/C20H15N3O/c24-20-16-15-11-10-12-6-4-5-9-14(12)18(15)21-19(16)17(22-23-20)13-7-2-1-3-8-13/h1-9,21H,10-11H2,(H,23,24). The first-order valence-corrected chi connectivity index (χ1v) is 8.10. The van der Waals surface area contributed by atoms with Gasteiger partial charge in [-0.25, -0.2) is 5.10 Å². The van der Waals surface area contributed by atoms with Crippen molar-refractivity contribution in [1.29, 1.82) is 0 Å². The fourth-order valence-corrected chi connectivity index (χ4v) is 3.71. The molecule has 0 bridgehead atoms. The summed E-state index contributed by atoms with van der Waals surface area (Å²) >= 11 is 0. The summed E-state index contributed by atoms with van der Waals surface area (Å²) in [4.78, 5) is 16.0. The van der Waals surface area contributed by atoms with Crippen LogP contribution in [0.4, 0.5) is 0 Å². The van der Waals surface area contributed by atoms with E-state index in [4.69, 9.17) is 0 Å². The van der Waals surface area contributed by atoms with Crippen molar-refractivity contribution in [3.63, 3.8) is 0 Å². The van der Waals surface area contributed by atoms with Crippen LogP contribution in [-0.2, 0) is 12.8 Å². The highest BCUT2D eigenvalue weighted by molar-refractivity contribution is 5.98. The van der Waals surface area contributed by atoms with Crippen molar-refractivity contribution in [2.45, 2.75) is 12.8 Å². The average Bonchev–Trinajstić information content (AvgIpc) is 3.03. The summed E-state index contributed by atoms with van der Waals surface area (Å²) < 4.78 is 0. The van der Waals surface area contributed by atoms with Gasteiger partial charge >= 0.3 is 0 Å². The zero-order valence-electron chi connectivity index (χ0n) is 13.0. The first-order valence-electron chi connectivity index (χ1n) is 8.10. The van der Waals surface area contributed by atoms with Crippen LogP contribution < -0.4 is 5.56 Å². The average molecular weight is 313 g/mol. The summed E-state index contributed by atoms with van der Waals surface area (Å²) in [5.74, 6) is 0. The van der Waals surface area contributed by atoms with E-state index in [-0.39, 0.29) is 5.56 Å². The highest BCUT2D eigenvalue weighted by Gasteiger charge is 2.24. The van der Waals surface area contributed by atoms with E-state index in [2.05, 4.69) is 33.4 Å². The van der Waals surface area contributed by atoms with E-state index in [0.717, 1.165) is 46.3 Å². The second-order valence-electron chi connectivity index (χ2n) is 6.15. The van der Waals surface area contributed by atoms with Gasteiger partial charge < -0.3 is 4.98 Å². The van der Waals surface area contributed by atoms with Crippen LogP contribution in [0, 0.1) is 0 Å². The topological polar surface area (TPSA) is 61.5 Å². The van der Waals surface area contributed by atoms with Gasteiger partial charge in [-0.05, 0) is 24.0 Å². The molecule has 2 aromatic heterocycles. The summed E-state index contributed by atoms with van der Waals surface area (Å²) in [6.07, 6.45) is 1.83. The quantitative estimate of drug-likeness (QED) is 0.563. The normalized spacial score (nSPS) is 12.8. The van der Waals surface area contributed by atoms with E-state index in [9.17, 15) is 4.79 Å². The third-order valence-electron chi connectivity index (χ3n) is 4.81. The summed E-state index contributed by atoms with van der Waals surface area (Å²) in [5, 5.41) is 7.73. The maximum absolute atomic E-state index is 12.5. The Morgan fingerprint density at radius 2 is 1.71 bits per heavy atom. The molecule has 4 heteroatoms. The first kappa shape index (κ1) is 13.3. The molecular formula is C20H15N3O. The summed E-state index contributed by atoms with van der Waals surface area (Å²) in [5.41, 5.74) is 7.15. The van der Waals surface area contributed by atoms with Gasteiger partial charge in [-0.15, -0.1) is 0 Å². The van der Waals surface area contributed by atoms with Crippen LogP contribution in [0.1, 0.15) is 11.1 Å². The lowest BCUT2D eigenvalue weighted by Gasteiger charge is -2.15. The Labute approximate surface area is 138 Å². The molecule has 1 aliphatic carbocycles. The van der Waals surface area contributed by atoms with Gasteiger partial charge in [0, 0.05) is 11.1 Å². The Hall–Kier alpha value is -3.14. The molecule has 0 fully saturated rings. The van der Waals surface area contributed by atoms with Crippen molar-refractivity contribution < 1.29 is 0 Å². The number of nitrogens with one attached hydrogen (secondary N) is 2. The van der Waals surface area contributed by atoms with Crippen LogP contribution >= 0.6 is 0 Å². The van der Waals surface area contributed by atoms with Crippen molar-refractivity contribution in [3.05, 3.63) is 76.1 Å². The van der Waals surface area contributed by atoms with E-state index < -0.39 is 0 Å². The van der Waals surface area contributed by atoms with E-state index in [0.29, 0.717) is 0 Å². The number of aryl methyl sites for hydroxylation is 2. The fraction of sp³-hybridized carbons (Fsp3) is 0.100. The van der Waals surface area contributed by atoms with Crippen LogP contribution in [0.25, 0.3) is 33.4 Å². The van der Waals surface area contributed by atoms with E-state index in [1.807, 2.05) is 36.4 Å². The highest BCUT2D eigenvalue weighted by atomic mass is 16.1. The van der Waals surface area contributed by atoms with Crippen molar-refractivity contribution in [1.82, 2.24) is 15.2 Å². The lowest BCUT2D eigenvalue weighted by atomic mass is 9.89. The lowest BCUT2D eigenvalue weighted by Crippen LogP contribution is -2.11. The minimum absolute atomic E-state index is 0.124. The summed E-state index contributed by atoms with van der Waals surface area (Å²) in [6, 6.07) is 18.3. The molecule has 0 aliphatic heterocycles. The molecule has 4 nitrogen and oxygen atoms in total. The Morgan fingerprint density at radius 3 is 2.58 bits per heavy atom. The van der Waals surface area contributed by atoms with Crippen LogP contribution in [0.2, 0.25) is 0 Å². The zero-order chi connectivity index (χ0) is 16.1. The largest absolute Gasteiger partial charge is 0.352 e. The maximum Gasteiger partial charge on any atom is 0.273 e. The predicted molar refractivity (Wildman–Crippen MR) is 95.0 cm³/mol. The highest BCUT2D eigenvalue weighted by Crippen LogP contribution is 2.38. The molecule has 0 unspecified atom stereocenters. The number of aromatic nitrogens is 3. The van der Waals surface area contributed by atoms with Gasteiger partial charge in [0.15, 0.2) is 0 Å². The minimum Gasteiger partial charge on any atom is -0.352 e. The molecule has 4 aromatic rings. The number of benzene rings is 2. The summed E-state index contributed by atoms with van der Waals surface area (Å²) in [6.45, 7) is 0. The molecule has 1 aliphatic rings. The number of nitrogens with zero attached hydrogens (tertiary/aromatic N) is 1. The number of hydrogen-bond acceptors (Lipinski definition) is 2. The second-order valence-corrected chi connectivity index (χ2v) is 6.15. The van der Waals surface area contributed by atoms with Crippen LogP contribution in [0.3, 0.4) is 0 Å². The molecule has 2 N–H and O–H groups in total. The second kappa shape index (κ2) is 4.93. The van der Waals surface area contributed by atoms with Crippen LogP contribution in [-0.4, -0.2) is 15.2 Å². The number of rotatable bonds is 1. The Balaban J connectivity index is 1.88. The van der Waals surface area contributed by atoms with Gasteiger partial charge in [0.1, 0.15) is 5.69 Å². The van der Waals surface area contributed by atoms with Crippen molar-refractivity contribution in [2.24, 2.45) is 0 Å². The first-order chi connectivity index (χ1) is 11.8.